The Balaban J connectivity index is 2.54. The third kappa shape index (κ3) is 9.54. The highest BCUT2D eigenvalue weighted by molar-refractivity contribution is 7.80. The highest BCUT2D eigenvalue weighted by Gasteiger charge is 2.05. The summed E-state index contributed by atoms with van der Waals surface area (Å²) in [5.41, 5.74) is 3.03. The van der Waals surface area contributed by atoms with Crippen LogP contribution >= 0.6 is 24.4 Å². The third-order valence-electron chi connectivity index (χ3n) is 3.56. The molecule has 1 aromatic carbocycles. The lowest BCUT2D eigenvalue weighted by molar-refractivity contribution is -0.856. The van der Waals surface area contributed by atoms with Gasteiger partial charge in [0.1, 0.15) is 0 Å². The fourth-order valence-electron chi connectivity index (χ4n) is 2.03. The Morgan fingerprint density at radius 1 is 0.880 bits per heavy atom. The zero-order valence-electron chi connectivity index (χ0n) is 15.9. The zero-order chi connectivity index (χ0) is 18.8. The van der Waals surface area contributed by atoms with Crippen LogP contribution in [0, 0.1) is 6.92 Å². The minimum Gasteiger partial charge on any atom is -0.357 e. The number of rotatable bonds is 8. The van der Waals surface area contributed by atoms with E-state index in [1.165, 1.54) is 9.80 Å². The molecule has 0 atom stereocenters. The summed E-state index contributed by atoms with van der Waals surface area (Å²) in [6, 6.07) is 6.08. The van der Waals surface area contributed by atoms with Crippen molar-refractivity contribution in [1.29, 1.82) is 0 Å². The highest BCUT2D eigenvalue weighted by Crippen LogP contribution is 2.20. The fourth-order valence-corrected chi connectivity index (χ4v) is 2.46. The van der Waals surface area contributed by atoms with Crippen molar-refractivity contribution in [1.82, 2.24) is 10.6 Å². The second-order valence-electron chi connectivity index (χ2n) is 6.71. The average Bonchev–Trinajstić information content (AvgIpc) is 2.49. The van der Waals surface area contributed by atoms with Gasteiger partial charge in [0.2, 0.25) is 0 Å². The van der Waals surface area contributed by atoms with E-state index in [1.807, 2.05) is 18.2 Å². The summed E-state index contributed by atoms with van der Waals surface area (Å²) in [5.74, 6) is 0. The van der Waals surface area contributed by atoms with Gasteiger partial charge in [-0.05, 0) is 49.1 Å². The number of anilines is 2. The Kier molecular flexibility index (Phi) is 9.66. The smallest absolute Gasteiger partial charge is 0.170 e. The van der Waals surface area contributed by atoms with E-state index in [0.29, 0.717) is 10.2 Å². The van der Waals surface area contributed by atoms with Gasteiger partial charge in [-0.3, -0.25) is 0 Å². The number of aryl methyl sites for hydroxylation is 1. The third-order valence-corrected chi connectivity index (χ3v) is 4.06. The van der Waals surface area contributed by atoms with E-state index in [2.05, 4.69) is 56.4 Å². The molecule has 0 radical (unpaired) electrons. The molecule has 0 heterocycles. The van der Waals surface area contributed by atoms with Gasteiger partial charge in [0.15, 0.2) is 10.2 Å². The average molecular weight is 385 g/mol. The summed E-state index contributed by atoms with van der Waals surface area (Å²) in [6.07, 6.45) is 0. The maximum absolute atomic E-state index is 5.37. The van der Waals surface area contributed by atoms with Gasteiger partial charge in [-0.25, -0.2) is 0 Å². The van der Waals surface area contributed by atoms with Crippen LogP contribution in [0.3, 0.4) is 0 Å². The topological polar surface area (TPSA) is 57.0 Å². The molecule has 0 aliphatic heterocycles. The number of benzene rings is 1. The molecule has 25 heavy (non-hydrogen) atoms. The molecular formula is C17H32N6S2+2. The first kappa shape index (κ1) is 21.6. The first-order chi connectivity index (χ1) is 11.8. The predicted molar refractivity (Wildman–Crippen MR) is 115 cm³/mol. The summed E-state index contributed by atoms with van der Waals surface area (Å²) >= 11 is 10.7. The maximum Gasteiger partial charge on any atom is 0.170 e. The van der Waals surface area contributed by atoms with Crippen LogP contribution in [-0.2, 0) is 0 Å². The lowest BCUT2D eigenvalue weighted by atomic mass is 10.2. The van der Waals surface area contributed by atoms with E-state index in [1.54, 1.807) is 0 Å². The van der Waals surface area contributed by atoms with Gasteiger partial charge in [-0.15, -0.1) is 0 Å². The normalized spacial score (nSPS) is 10.7. The molecule has 6 N–H and O–H groups in total. The first-order valence-corrected chi connectivity index (χ1v) is 9.38. The van der Waals surface area contributed by atoms with Gasteiger partial charge < -0.3 is 31.1 Å². The Labute approximate surface area is 162 Å². The monoisotopic (exact) mass is 384 g/mol. The molecule has 1 aromatic rings. The van der Waals surface area contributed by atoms with Crippen LogP contribution in [0.1, 0.15) is 5.56 Å². The summed E-state index contributed by atoms with van der Waals surface area (Å²) in [6.45, 7) is 5.75. The number of likely N-dealkylation sites (N-methyl/N-ethyl adjacent to an activating group) is 2. The molecule has 0 aliphatic rings. The van der Waals surface area contributed by atoms with Crippen LogP contribution in [0.4, 0.5) is 11.4 Å². The van der Waals surface area contributed by atoms with Crippen LogP contribution in [0.2, 0.25) is 0 Å². The summed E-state index contributed by atoms with van der Waals surface area (Å²) in [7, 11) is 8.47. The Bertz CT molecular complexity index is 574. The highest BCUT2D eigenvalue weighted by atomic mass is 32.1. The number of hydrogen-bond acceptors (Lipinski definition) is 2. The zero-order valence-corrected chi connectivity index (χ0v) is 17.5. The SMILES string of the molecule is Cc1ccc(NC(=S)NCC[NH+](C)C)cc1NC(=S)NCC[NH+](C)C. The van der Waals surface area contributed by atoms with E-state index in [0.717, 1.165) is 43.1 Å². The van der Waals surface area contributed by atoms with E-state index < -0.39 is 0 Å². The number of quaternary nitrogens is 2. The molecule has 0 spiro atoms. The molecule has 0 unspecified atom stereocenters. The van der Waals surface area contributed by atoms with Crippen molar-refractivity contribution in [3.63, 3.8) is 0 Å². The molecule has 1 rings (SSSR count). The van der Waals surface area contributed by atoms with Crippen LogP contribution in [0.25, 0.3) is 0 Å². The summed E-state index contributed by atoms with van der Waals surface area (Å²) < 4.78 is 0. The molecule has 8 heteroatoms. The first-order valence-electron chi connectivity index (χ1n) is 8.56. The molecule has 0 aromatic heterocycles. The molecule has 0 amide bonds. The Hall–Kier alpha value is -1.48. The Morgan fingerprint density at radius 3 is 1.92 bits per heavy atom. The van der Waals surface area contributed by atoms with Crippen molar-refractivity contribution in [2.45, 2.75) is 6.92 Å². The van der Waals surface area contributed by atoms with E-state index in [-0.39, 0.29) is 0 Å². The van der Waals surface area contributed by atoms with Gasteiger partial charge in [-0.1, -0.05) is 6.07 Å². The van der Waals surface area contributed by atoms with Crippen molar-refractivity contribution in [3.8, 4) is 0 Å². The minimum absolute atomic E-state index is 0.630. The maximum atomic E-state index is 5.37. The van der Waals surface area contributed by atoms with Crippen molar-refractivity contribution < 1.29 is 9.80 Å². The second kappa shape index (κ2) is 11.2. The lowest BCUT2D eigenvalue weighted by Gasteiger charge is -2.16. The Morgan fingerprint density at radius 2 is 1.40 bits per heavy atom. The van der Waals surface area contributed by atoms with Crippen LogP contribution < -0.4 is 31.1 Å². The predicted octanol–water partition coefficient (Wildman–Crippen LogP) is -1.14. The minimum atomic E-state index is 0.630. The number of thiocarbonyl (C=S) groups is 2. The van der Waals surface area contributed by atoms with Crippen molar-refractivity contribution in [2.75, 3.05) is 65.0 Å². The summed E-state index contributed by atoms with van der Waals surface area (Å²) in [5, 5.41) is 14.2. The number of hydrogen-bond donors (Lipinski definition) is 6. The molecule has 0 saturated carbocycles. The van der Waals surface area contributed by atoms with E-state index in [4.69, 9.17) is 24.4 Å². The molecule has 140 valence electrons. The van der Waals surface area contributed by atoms with Gasteiger partial charge in [0.05, 0.1) is 54.4 Å². The van der Waals surface area contributed by atoms with Crippen LogP contribution in [0.5, 0.6) is 0 Å². The van der Waals surface area contributed by atoms with E-state index >= 15 is 0 Å². The fraction of sp³-hybridized carbons (Fsp3) is 0.529. The lowest BCUT2D eigenvalue weighted by Crippen LogP contribution is -3.06. The van der Waals surface area contributed by atoms with Crippen molar-refractivity contribution >= 4 is 46.0 Å². The van der Waals surface area contributed by atoms with Crippen molar-refractivity contribution in [2.24, 2.45) is 0 Å². The second-order valence-corrected chi connectivity index (χ2v) is 7.52. The van der Waals surface area contributed by atoms with Crippen molar-refractivity contribution in [3.05, 3.63) is 23.8 Å². The standard InChI is InChI=1S/C17H30N6S2/c1-13-6-7-14(20-16(24)18-8-10-22(2)3)12-15(13)21-17(25)19-9-11-23(4)5/h6-7,12H,8-11H2,1-5H3,(H2,18,20,24)(H2,19,21,25)/p+2. The molecule has 0 bridgehead atoms. The van der Waals surface area contributed by atoms with Gasteiger partial charge in [-0.2, -0.15) is 0 Å². The molecule has 0 fully saturated rings. The van der Waals surface area contributed by atoms with E-state index in [9.17, 15) is 0 Å². The largest absolute Gasteiger partial charge is 0.357 e. The van der Waals surface area contributed by atoms with Crippen LogP contribution in [0.15, 0.2) is 18.2 Å². The summed E-state index contributed by atoms with van der Waals surface area (Å²) in [4.78, 5) is 2.77. The van der Waals surface area contributed by atoms with Gasteiger partial charge in [0.25, 0.3) is 0 Å². The van der Waals surface area contributed by atoms with Crippen LogP contribution in [-0.4, -0.2) is 64.6 Å². The molecular weight excluding hydrogens is 352 g/mol. The van der Waals surface area contributed by atoms with Gasteiger partial charge in [0, 0.05) is 11.4 Å². The van der Waals surface area contributed by atoms with Gasteiger partial charge >= 0.3 is 0 Å². The quantitative estimate of drug-likeness (QED) is 0.319. The molecule has 6 nitrogen and oxygen atoms in total. The molecule has 0 saturated heterocycles. The number of nitrogens with one attached hydrogen (secondary N) is 6. The molecule has 0 aliphatic carbocycles.